The zero-order chi connectivity index (χ0) is 11.3. The zero-order valence-corrected chi connectivity index (χ0v) is 10.2. The van der Waals surface area contributed by atoms with Crippen LogP contribution in [0.15, 0.2) is 0 Å². The highest BCUT2D eigenvalue weighted by Crippen LogP contribution is 2.11. The van der Waals surface area contributed by atoms with Crippen LogP contribution in [0.4, 0.5) is 0 Å². The predicted molar refractivity (Wildman–Crippen MR) is 62.1 cm³/mol. The highest BCUT2D eigenvalue weighted by atomic mass is 32.2. The Balaban J connectivity index is 2.25. The normalized spacial score (nSPS) is 22.0. The number of carbonyl (C=O) groups is 1. The van der Waals surface area contributed by atoms with Gasteiger partial charge in [0.25, 0.3) is 0 Å². The van der Waals surface area contributed by atoms with E-state index in [1.165, 1.54) is 0 Å². The van der Waals surface area contributed by atoms with Crippen molar-refractivity contribution in [1.82, 2.24) is 10.6 Å². The van der Waals surface area contributed by atoms with Crippen LogP contribution < -0.4 is 10.6 Å². The largest absolute Gasteiger partial charge is 0.355 e. The molecule has 0 saturated carbocycles. The molecule has 1 amide bonds. The predicted octanol–water partition coefficient (Wildman–Crippen LogP) is -0.131. The fourth-order valence-electron chi connectivity index (χ4n) is 1.59. The third kappa shape index (κ3) is 4.30. The highest BCUT2D eigenvalue weighted by Gasteiger charge is 2.21. The minimum absolute atomic E-state index is 0.0377. The molecule has 15 heavy (non-hydrogen) atoms. The first-order valence-electron chi connectivity index (χ1n) is 5.42. The van der Waals surface area contributed by atoms with E-state index in [-0.39, 0.29) is 17.1 Å². The summed E-state index contributed by atoms with van der Waals surface area (Å²) >= 11 is 0. The summed E-state index contributed by atoms with van der Waals surface area (Å²) < 4.78 is 11.1. The lowest BCUT2D eigenvalue weighted by Gasteiger charge is -2.22. The van der Waals surface area contributed by atoms with Crippen LogP contribution in [-0.4, -0.2) is 41.3 Å². The molecule has 0 aromatic heterocycles. The van der Waals surface area contributed by atoms with Crippen LogP contribution in [0.2, 0.25) is 0 Å². The summed E-state index contributed by atoms with van der Waals surface area (Å²) in [5.74, 6) is 0.262. The third-order valence-corrected chi connectivity index (χ3v) is 4.14. The summed E-state index contributed by atoms with van der Waals surface area (Å²) in [6, 6.07) is 0. The summed E-state index contributed by atoms with van der Waals surface area (Å²) in [5, 5.41) is 6.14. The van der Waals surface area contributed by atoms with E-state index < -0.39 is 10.8 Å². The molecule has 4 nitrogen and oxygen atoms in total. The van der Waals surface area contributed by atoms with Crippen molar-refractivity contribution in [3.05, 3.63) is 0 Å². The van der Waals surface area contributed by atoms with E-state index in [9.17, 15) is 9.00 Å². The first kappa shape index (κ1) is 12.6. The Kier molecular flexibility index (Phi) is 5.25. The Labute approximate surface area is 93.7 Å². The molecule has 1 rings (SSSR count). The number of amides is 1. The number of piperidine rings is 1. The molecule has 1 aliphatic heterocycles. The molecule has 2 N–H and O–H groups in total. The van der Waals surface area contributed by atoms with Crippen molar-refractivity contribution in [1.29, 1.82) is 0 Å². The van der Waals surface area contributed by atoms with E-state index >= 15 is 0 Å². The summed E-state index contributed by atoms with van der Waals surface area (Å²) in [4.78, 5) is 11.7. The lowest BCUT2D eigenvalue weighted by atomic mass is 9.97. The molecule has 0 bridgehead atoms. The smallest absolute Gasteiger partial charge is 0.223 e. The van der Waals surface area contributed by atoms with E-state index in [1.54, 1.807) is 6.26 Å². The number of rotatable bonds is 4. The van der Waals surface area contributed by atoms with Crippen LogP contribution in [0.3, 0.4) is 0 Å². The summed E-state index contributed by atoms with van der Waals surface area (Å²) in [6.07, 6.45) is 3.49. The minimum atomic E-state index is -0.859. The second-order valence-electron chi connectivity index (χ2n) is 4.08. The zero-order valence-electron chi connectivity index (χ0n) is 9.41. The van der Waals surface area contributed by atoms with Crippen LogP contribution in [0.1, 0.15) is 19.8 Å². The first-order valence-corrected chi connectivity index (χ1v) is 7.04. The van der Waals surface area contributed by atoms with E-state index in [0.717, 1.165) is 25.9 Å². The molecule has 1 fully saturated rings. The van der Waals surface area contributed by atoms with Gasteiger partial charge in [0.05, 0.1) is 0 Å². The van der Waals surface area contributed by atoms with Gasteiger partial charge in [0.15, 0.2) is 0 Å². The van der Waals surface area contributed by atoms with Crippen LogP contribution in [0, 0.1) is 5.92 Å². The Morgan fingerprint density at radius 3 is 2.67 bits per heavy atom. The van der Waals surface area contributed by atoms with E-state index in [0.29, 0.717) is 6.54 Å². The van der Waals surface area contributed by atoms with Crippen molar-refractivity contribution in [2.75, 3.05) is 25.9 Å². The molecule has 0 radical (unpaired) electrons. The molecule has 0 aliphatic carbocycles. The summed E-state index contributed by atoms with van der Waals surface area (Å²) in [5.41, 5.74) is 0. The monoisotopic (exact) mass is 232 g/mol. The number of carbonyl (C=O) groups excluding carboxylic acids is 1. The van der Waals surface area contributed by atoms with Crippen molar-refractivity contribution >= 4 is 16.7 Å². The summed E-state index contributed by atoms with van der Waals surface area (Å²) in [7, 11) is -0.859. The second-order valence-corrected chi connectivity index (χ2v) is 5.88. The average Bonchev–Trinajstić information content (AvgIpc) is 2.26. The van der Waals surface area contributed by atoms with Crippen LogP contribution in [0.25, 0.3) is 0 Å². The minimum Gasteiger partial charge on any atom is -0.355 e. The van der Waals surface area contributed by atoms with Gasteiger partial charge in [-0.2, -0.15) is 0 Å². The first-order chi connectivity index (χ1) is 7.11. The molecule has 2 unspecified atom stereocenters. The van der Waals surface area contributed by atoms with Gasteiger partial charge in [-0.3, -0.25) is 9.00 Å². The van der Waals surface area contributed by atoms with Gasteiger partial charge in [-0.05, 0) is 32.9 Å². The van der Waals surface area contributed by atoms with Gasteiger partial charge in [0.2, 0.25) is 5.91 Å². The topological polar surface area (TPSA) is 58.2 Å². The van der Waals surface area contributed by atoms with Crippen molar-refractivity contribution in [3.63, 3.8) is 0 Å². The molecule has 2 atom stereocenters. The van der Waals surface area contributed by atoms with Gasteiger partial charge < -0.3 is 10.6 Å². The fraction of sp³-hybridized carbons (Fsp3) is 0.900. The van der Waals surface area contributed by atoms with Crippen LogP contribution in [-0.2, 0) is 15.6 Å². The van der Waals surface area contributed by atoms with E-state index in [1.807, 2.05) is 6.92 Å². The maximum absolute atomic E-state index is 11.7. The molecule has 0 spiro atoms. The maximum atomic E-state index is 11.7. The van der Waals surface area contributed by atoms with Crippen molar-refractivity contribution in [2.24, 2.45) is 5.92 Å². The fourth-order valence-corrected chi connectivity index (χ4v) is 1.91. The molecule has 5 heteroatoms. The lowest BCUT2D eigenvalue weighted by molar-refractivity contribution is -0.125. The van der Waals surface area contributed by atoms with Crippen molar-refractivity contribution in [3.8, 4) is 0 Å². The van der Waals surface area contributed by atoms with Gasteiger partial charge in [-0.15, -0.1) is 0 Å². The maximum Gasteiger partial charge on any atom is 0.223 e. The molecule has 88 valence electrons. The van der Waals surface area contributed by atoms with Gasteiger partial charge in [0.1, 0.15) is 0 Å². The Morgan fingerprint density at radius 2 is 2.13 bits per heavy atom. The second kappa shape index (κ2) is 6.23. The van der Waals surface area contributed by atoms with Crippen molar-refractivity contribution < 1.29 is 9.00 Å². The molecular weight excluding hydrogens is 212 g/mol. The molecular formula is C10H20N2O2S. The Hall–Kier alpha value is -0.420. The molecule has 0 aromatic rings. The van der Waals surface area contributed by atoms with Gasteiger partial charge in [0, 0.05) is 34.8 Å². The number of nitrogens with one attached hydrogen (secondary N) is 2. The van der Waals surface area contributed by atoms with Gasteiger partial charge in [-0.1, -0.05) is 0 Å². The van der Waals surface area contributed by atoms with Crippen LogP contribution in [0.5, 0.6) is 0 Å². The number of hydrogen-bond donors (Lipinski definition) is 2. The third-order valence-electron chi connectivity index (χ3n) is 2.84. The highest BCUT2D eigenvalue weighted by molar-refractivity contribution is 7.84. The molecule has 1 heterocycles. The van der Waals surface area contributed by atoms with Gasteiger partial charge in [-0.25, -0.2) is 0 Å². The standard InChI is InChI=1S/C10H20N2O2S/c1-8(15(2)14)7-12-10(13)9-3-5-11-6-4-9/h8-9,11H,3-7H2,1-2H3,(H,12,13). The Bertz CT molecular complexity index is 240. The average molecular weight is 232 g/mol. The Morgan fingerprint density at radius 1 is 1.53 bits per heavy atom. The molecule has 1 aliphatic rings. The number of hydrogen-bond acceptors (Lipinski definition) is 3. The van der Waals surface area contributed by atoms with Crippen LogP contribution >= 0.6 is 0 Å². The van der Waals surface area contributed by atoms with E-state index in [2.05, 4.69) is 10.6 Å². The molecule has 0 aromatic carbocycles. The van der Waals surface area contributed by atoms with Gasteiger partial charge >= 0.3 is 0 Å². The SMILES string of the molecule is CC(CNC(=O)C1CCNCC1)S(C)=O. The summed E-state index contributed by atoms with van der Waals surface area (Å²) in [6.45, 7) is 4.26. The van der Waals surface area contributed by atoms with Crippen molar-refractivity contribution in [2.45, 2.75) is 25.0 Å². The van der Waals surface area contributed by atoms with E-state index in [4.69, 9.17) is 0 Å². The molecule has 1 saturated heterocycles. The lowest BCUT2D eigenvalue weighted by Crippen LogP contribution is -2.41. The quantitative estimate of drug-likeness (QED) is 0.710.